The van der Waals surface area contributed by atoms with Crippen molar-refractivity contribution in [2.75, 3.05) is 6.61 Å². The molecule has 1 aromatic carbocycles. The van der Waals surface area contributed by atoms with Crippen LogP contribution < -0.4 is 5.32 Å². The number of benzene rings is 1. The van der Waals surface area contributed by atoms with Crippen LogP contribution >= 0.6 is 0 Å². The first-order valence-corrected chi connectivity index (χ1v) is 7.91. The maximum atomic E-state index is 11.9. The number of hydrogen-bond donors (Lipinski definition) is 1. The zero-order valence-corrected chi connectivity index (χ0v) is 13.8. The summed E-state index contributed by atoms with van der Waals surface area (Å²) in [5.41, 5.74) is 2.61. The summed E-state index contributed by atoms with van der Waals surface area (Å²) in [5.74, 6) is -0.710. The largest absolute Gasteiger partial charge is 0.464 e. The highest BCUT2D eigenvalue weighted by atomic mass is 16.5. The molecular weight excluding hydrogens is 294 g/mol. The highest BCUT2D eigenvalue weighted by Gasteiger charge is 2.14. The number of furan rings is 1. The second-order valence-electron chi connectivity index (χ2n) is 5.86. The molecule has 0 unspecified atom stereocenters. The number of nitrogens with one attached hydrogen (secondary N) is 1. The molecule has 1 aromatic heterocycles. The van der Waals surface area contributed by atoms with Crippen molar-refractivity contribution in [2.45, 2.75) is 46.1 Å². The van der Waals surface area contributed by atoms with Gasteiger partial charge in [0.1, 0.15) is 5.58 Å². The van der Waals surface area contributed by atoms with Crippen molar-refractivity contribution in [1.29, 1.82) is 0 Å². The number of hydrogen-bond acceptors (Lipinski definition) is 4. The number of fused-ring (bicyclic) bond motifs is 1. The molecule has 0 bridgehead atoms. The van der Waals surface area contributed by atoms with Crippen LogP contribution in [0.2, 0.25) is 0 Å². The highest BCUT2D eigenvalue weighted by Crippen LogP contribution is 2.22. The third-order valence-corrected chi connectivity index (χ3v) is 3.64. The Labute approximate surface area is 136 Å². The van der Waals surface area contributed by atoms with Crippen LogP contribution in [-0.2, 0) is 20.7 Å². The fraction of sp³-hybridized carbons (Fsp3) is 0.444. The van der Waals surface area contributed by atoms with Crippen LogP contribution in [0, 0.1) is 6.92 Å². The lowest BCUT2D eigenvalue weighted by atomic mass is 10.1. The van der Waals surface area contributed by atoms with Crippen LogP contribution in [0.5, 0.6) is 0 Å². The Kier molecular flexibility index (Phi) is 5.79. The van der Waals surface area contributed by atoms with Crippen LogP contribution in [0.4, 0.5) is 0 Å². The number of carbonyl (C=O) groups is 2. The Bertz CT molecular complexity index is 689. The monoisotopic (exact) mass is 317 g/mol. The molecule has 2 rings (SSSR count). The SMILES string of the molecule is CCC[C@@H](C)NC(=O)COC(=O)Cc1coc2cc(C)ccc12. The average molecular weight is 317 g/mol. The summed E-state index contributed by atoms with van der Waals surface area (Å²) in [6.07, 6.45) is 3.55. The molecule has 0 aliphatic heterocycles. The van der Waals surface area contributed by atoms with Crippen molar-refractivity contribution in [3.8, 4) is 0 Å². The van der Waals surface area contributed by atoms with E-state index < -0.39 is 5.97 Å². The molecule has 0 spiro atoms. The molecule has 0 fully saturated rings. The van der Waals surface area contributed by atoms with Crippen LogP contribution in [0.15, 0.2) is 28.9 Å². The van der Waals surface area contributed by atoms with E-state index in [1.165, 1.54) is 0 Å². The average Bonchev–Trinajstić information content (AvgIpc) is 2.87. The van der Waals surface area contributed by atoms with Crippen molar-refractivity contribution in [3.63, 3.8) is 0 Å². The van der Waals surface area contributed by atoms with Gasteiger partial charge in [-0.25, -0.2) is 0 Å². The van der Waals surface area contributed by atoms with Gasteiger partial charge in [-0.1, -0.05) is 25.5 Å². The summed E-state index contributed by atoms with van der Waals surface area (Å²) in [6.45, 7) is 5.72. The van der Waals surface area contributed by atoms with Gasteiger partial charge in [0.15, 0.2) is 6.61 Å². The van der Waals surface area contributed by atoms with E-state index >= 15 is 0 Å². The summed E-state index contributed by atoms with van der Waals surface area (Å²) in [6, 6.07) is 5.91. The number of carbonyl (C=O) groups excluding carboxylic acids is 2. The van der Waals surface area contributed by atoms with Crippen LogP contribution in [-0.4, -0.2) is 24.5 Å². The van der Waals surface area contributed by atoms with Gasteiger partial charge in [-0.3, -0.25) is 9.59 Å². The topological polar surface area (TPSA) is 68.5 Å². The maximum Gasteiger partial charge on any atom is 0.310 e. The van der Waals surface area contributed by atoms with Gasteiger partial charge in [0.25, 0.3) is 5.91 Å². The minimum atomic E-state index is -0.438. The maximum absolute atomic E-state index is 11.9. The number of rotatable bonds is 7. The molecule has 1 heterocycles. The Morgan fingerprint density at radius 2 is 2.13 bits per heavy atom. The number of ether oxygens (including phenoxy) is 1. The molecule has 1 atom stereocenters. The standard InChI is InChI=1S/C18H23NO4/c1-4-5-13(3)19-17(20)11-23-18(21)9-14-10-22-16-8-12(2)6-7-15(14)16/h6-8,10,13H,4-5,9,11H2,1-3H3,(H,19,20)/t13-/m1/s1. The first-order chi connectivity index (χ1) is 11.0. The summed E-state index contributed by atoms with van der Waals surface area (Å²) in [5, 5.41) is 3.69. The first kappa shape index (κ1) is 17.1. The lowest BCUT2D eigenvalue weighted by Crippen LogP contribution is -2.35. The molecule has 0 saturated heterocycles. The van der Waals surface area contributed by atoms with Gasteiger partial charge in [0.2, 0.25) is 0 Å². The van der Waals surface area contributed by atoms with Gasteiger partial charge < -0.3 is 14.5 Å². The second kappa shape index (κ2) is 7.81. The zero-order chi connectivity index (χ0) is 16.8. The highest BCUT2D eigenvalue weighted by molar-refractivity contribution is 5.87. The summed E-state index contributed by atoms with van der Waals surface area (Å²) in [7, 11) is 0. The minimum absolute atomic E-state index is 0.0901. The van der Waals surface area contributed by atoms with E-state index in [1.54, 1.807) is 6.26 Å². The number of aryl methyl sites for hydroxylation is 1. The summed E-state index contributed by atoms with van der Waals surface area (Å²) >= 11 is 0. The van der Waals surface area contributed by atoms with E-state index in [1.807, 2.05) is 32.0 Å². The Balaban J connectivity index is 1.85. The van der Waals surface area contributed by atoms with E-state index in [-0.39, 0.29) is 25.0 Å². The zero-order valence-electron chi connectivity index (χ0n) is 13.8. The third kappa shape index (κ3) is 4.84. The first-order valence-electron chi connectivity index (χ1n) is 7.91. The van der Waals surface area contributed by atoms with Crippen LogP contribution in [0.25, 0.3) is 11.0 Å². The van der Waals surface area contributed by atoms with Crippen LogP contribution in [0.1, 0.15) is 37.8 Å². The number of amides is 1. The Hall–Kier alpha value is -2.30. The second-order valence-corrected chi connectivity index (χ2v) is 5.86. The van der Waals surface area contributed by atoms with Gasteiger partial charge in [0.05, 0.1) is 12.7 Å². The molecule has 23 heavy (non-hydrogen) atoms. The molecule has 1 N–H and O–H groups in total. The molecule has 0 saturated carbocycles. The molecule has 5 heteroatoms. The lowest BCUT2D eigenvalue weighted by molar-refractivity contribution is -0.148. The summed E-state index contributed by atoms with van der Waals surface area (Å²) in [4.78, 5) is 23.6. The molecule has 0 aliphatic rings. The Morgan fingerprint density at radius 3 is 2.87 bits per heavy atom. The van der Waals surface area contributed by atoms with E-state index in [0.717, 1.165) is 34.9 Å². The van der Waals surface area contributed by atoms with Gasteiger partial charge in [-0.2, -0.15) is 0 Å². The van der Waals surface area contributed by atoms with E-state index in [4.69, 9.17) is 9.15 Å². The normalized spacial score (nSPS) is 12.1. The fourth-order valence-corrected chi connectivity index (χ4v) is 2.50. The van der Waals surface area contributed by atoms with Gasteiger partial charge in [-0.15, -0.1) is 0 Å². The fourth-order valence-electron chi connectivity index (χ4n) is 2.50. The predicted octanol–water partition coefficient (Wildman–Crippen LogP) is 3.13. The molecule has 0 radical (unpaired) electrons. The van der Waals surface area contributed by atoms with Crippen molar-refractivity contribution in [3.05, 3.63) is 35.6 Å². The molecule has 124 valence electrons. The van der Waals surface area contributed by atoms with Crippen molar-refractivity contribution >= 4 is 22.8 Å². The Morgan fingerprint density at radius 1 is 1.35 bits per heavy atom. The summed E-state index contributed by atoms with van der Waals surface area (Å²) < 4.78 is 10.5. The quantitative estimate of drug-likeness (QED) is 0.797. The van der Waals surface area contributed by atoms with Crippen molar-refractivity contribution in [2.24, 2.45) is 0 Å². The van der Waals surface area contributed by atoms with Gasteiger partial charge in [-0.05, 0) is 31.9 Å². The van der Waals surface area contributed by atoms with Crippen molar-refractivity contribution < 1.29 is 18.7 Å². The van der Waals surface area contributed by atoms with Gasteiger partial charge in [0, 0.05) is 17.0 Å². The third-order valence-electron chi connectivity index (χ3n) is 3.64. The number of esters is 1. The van der Waals surface area contributed by atoms with Crippen LogP contribution in [0.3, 0.4) is 0 Å². The van der Waals surface area contributed by atoms with Gasteiger partial charge >= 0.3 is 5.97 Å². The molecule has 1 amide bonds. The molecule has 0 aliphatic carbocycles. The smallest absolute Gasteiger partial charge is 0.310 e. The van der Waals surface area contributed by atoms with E-state index in [2.05, 4.69) is 12.2 Å². The van der Waals surface area contributed by atoms with E-state index in [0.29, 0.717) is 0 Å². The molecule has 2 aromatic rings. The lowest BCUT2D eigenvalue weighted by Gasteiger charge is -2.12. The van der Waals surface area contributed by atoms with E-state index in [9.17, 15) is 9.59 Å². The van der Waals surface area contributed by atoms with Crippen molar-refractivity contribution in [1.82, 2.24) is 5.32 Å². The predicted molar refractivity (Wildman–Crippen MR) is 88.1 cm³/mol. The molecule has 5 nitrogen and oxygen atoms in total. The molecular formula is C18H23NO4. The minimum Gasteiger partial charge on any atom is -0.464 e.